The molecule has 4 heterocycles. The Morgan fingerprint density at radius 2 is 2.14 bits per heavy atom. The minimum atomic E-state index is 0.247. The Balaban J connectivity index is 1.46. The van der Waals surface area contributed by atoms with Crippen molar-refractivity contribution in [2.75, 3.05) is 30.9 Å². The number of nitrogens with zero attached hydrogens (tertiary/aromatic N) is 5. The minimum Gasteiger partial charge on any atom is -0.481 e. The summed E-state index contributed by atoms with van der Waals surface area (Å²) in [5.74, 6) is 2.30. The van der Waals surface area contributed by atoms with Gasteiger partial charge in [0.1, 0.15) is 12.1 Å². The summed E-state index contributed by atoms with van der Waals surface area (Å²) in [6, 6.07) is 7.39. The van der Waals surface area contributed by atoms with Crippen molar-refractivity contribution in [2.24, 2.45) is 0 Å². The van der Waals surface area contributed by atoms with Crippen molar-refractivity contribution < 1.29 is 9.47 Å². The maximum absolute atomic E-state index is 5.63. The molecule has 1 saturated heterocycles. The second-order valence-corrected chi connectivity index (χ2v) is 6.29. The fourth-order valence-electron chi connectivity index (χ4n) is 2.89. The van der Waals surface area contributed by atoms with Crippen molar-refractivity contribution in [2.45, 2.75) is 18.9 Å². The molecule has 28 heavy (non-hydrogen) atoms. The molecule has 0 aromatic carbocycles. The van der Waals surface area contributed by atoms with Crippen LogP contribution in [0.1, 0.15) is 12.8 Å². The molecule has 2 N–H and O–H groups in total. The second-order valence-electron chi connectivity index (χ2n) is 6.29. The zero-order chi connectivity index (χ0) is 19.2. The fourth-order valence-corrected chi connectivity index (χ4v) is 2.89. The highest BCUT2D eigenvalue weighted by atomic mass is 16.5. The van der Waals surface area contributed by atoms with E-state index in [0.717, 1.165) is 43.1 Å². The molecule has 0 saturated carbocycles. The number of nitrogens with one attached hydrogen (secondary N) is 2. The molecule has 1 atom stereocenters. The van der Waals surface area contributed by atoms with Crippen molar-refractivity contribution in [3.05, 3.63) is 43.0 Å². The molecule has 0 spiro atoms. The average Bonchev–Trinajstić information content (AvgIpc) is 3.27. The lowest BCUT2D eigenvalue weighted by molar-refractivity contribution is 0.120. The van der Waals surface area contributed by atoms with Gasteiger partial charge in [0.05, 0.1) is 25.1 Å². The Morgan fingerprint density at radius 3 is 2.93 bits per heavy atom. The summed E-state index contributed by atoms with van der Waals surface area (Å²) in [5, 5.41) is 6.43. The molecule has 1 fully saturated rings. The topological polar surface area (TPSA) is 107 Å². The standard InChI is InChI=1S/C19H21N7O2/c1-27-17-5-4-14(10-22-17)25-19-24-12-23-18(26-19)13-6-7-20-16(9-13)21-11-15-3-2-8-28-15/h4-7,9-10,12,15H,2-3,8,11H2,1H3,(H,20,21)(H,23,24,25,26). The largest absolute Gasteiger partial charge is 0.481 e. The van der Waals surface area contributed by atoms with Crippen molar-refractivity contribution >= 4 is 17.5 Å². The van der Waals surface area contributed by atoms with Crippen LogP contribution in [0.25, 0.3) is 11.4 Å². The normalized spacial score (nSPS) is 16.0. The molecule has 0 amide bonds. The highest BCUT2D eigenvalue weighted by molar-refractivity contribution is 5.61. The predicted molar refractivity (Wildman–Crippen MR) is 105 cm³/mol. The van der Waals surface area contributed by atoms with Crippen LogP contribution in [-0.4, -0.2) is 51.3 Å². The molecule has 3 aromatic heterocycles. The maximum atomic E-state index is 5.63. The minimum absolute atomic E-state index is 0.247. The van der Waals surface area contributed by atoms with E-state index in [-0.39, 0.29) is 6.10 Å². The van der Waals surface area contributed by atoms with E-state index in [9.17, 15) is 0 Å². The zero-order valence-electron chi connectivity index (χ0n) is 15.5. The number of hydrogen-bond donors (Lipinski definition) is 2. The van der Waals surface area contributed by atoms with Crippen LogP contribution < -0.4 is 15.4 Å². The van der Waals surface area contributed by atoms with Crippen molar-refractivity contribution in [3.63, 3.8) is 0 Å². The molecule has 0 bridgehead atoms. The molecule has 9 heteroatoms. The second kappa shape index (κ2) is 8.57. The predicted octanol–water partition coefficient (Wildman–Crippen LogP) is 2.67. The van der Waals surface area contributed by atoms with E-state index in [1.165, 1.54) is 6.33 Å². The Labute approximate surface area is 162 Å². The van der Waals surface area contributed by atoms with E-state index in [1.54, 1.807) is 25.6 Å². The first-order valence-electron chi connectivity index (χ1n) is 9.08. The molecule has 1 aliphatic heterocycles. The van der Waals surface area contributed by atoms with E-state index < -0.39 is 0 Å². The van der Waals surface area contributed by atoms with Crippen LogP contribution in [0.3, 0.4) is 0 Å². The van der Waals surface area contributed by atoms with Gasteiger partial charge in [-0.3, -0.25) is 0 Å². The van der Waals surface area contributed by atoms with Gasteiger partial charge in [-0.15, -0.1) is 0 Å². The first-order valence-corrected chi connectivity index (χ1v) is 9.08. The van der Waals surface area contributed by atoms with Crippen LogP contribution in [0.2, 0.25) is 0 Å². The molecular formula is C19H21N7O2. The number of methoxy groups -OCH3 is 1. The van der Waals surface area contributed by atoms with Crippen LogP contribution in [0.4, 0.5) is 17.5 Å². The lowest BCUT2D eigenvalue weighted by Gasteiger charge is -2.12. The maximum Gasteiger partial charge on any atom is 0.230 e. The molecule has 4 rings (SSSR count). The molecule has 3 aromatic rings. The summed E-state index contributed by atoms with van der Waals surface area (Å²) in [6.07, 6.45) is 7.30. The molecule has 1 unspecified atom stereocenters. The summed E-state index contributed by atoms with van der Waals surface area (Å²) in [6.45, 7) is 1.58. The Bertz CT molecular complexity index is 914. The van der Waals surface area contributed by atoms with Crippen LogP contribution in [-0.2, 0) is 4.74 Å². The van der Waals surface area contributed by atoms with Gasteiger partial charge in [-0.05, 0) is 31.0 Å². The number of rotatable bonds is 7. The van der Waals surface area contributed by atoms with Crippen LogP contribution in [0.5, 0.6) is 5.88 Å². The van der Waals surface area contributed by atoms with Gasteiger partial charge in [0.25, 0.3) is 0 Å². The fraction of sp³-hybridized carbons (Fsp3) is 0.316. The van der Waals surface area contributed by atoms with Gasteiger partial charge in [0.2, 0.25) is 11.8 Å². The van der Waals surface area contributed by atoms with Gasteiger partial charge in [0, 0.05) is 31.0 Å². The zero-order valence-corrected chi connectivity index (χ0v) is 15.5. The SMILES string of the molecule is COc1ccc(Nc2ncnc(-c3ccnc(NCC4CCCO4)c3)n2)cn1. The van der Waals surface area contributed by atoms with E-state index in [2.05, 4.69) is 35.6 Å². The number of pyridine rings is 2. The Hall–Kier alpha value is -3.33. The average molecular weight is 379 g/mol. The van der Waals surface area contributed by atoms with Crippen molar-refractivity contribution in [1.82, 2.24) is 24.9 Å². The first-order chi connectivity index (χ1) is 13.8. The molecule has 0 aliphatic carbocycles. The quantitative estimate of drug-likeness (QED) is 0.640. The number of anilines is 3. The van der Waals surface area contributed by atoms with Gasteiger partial charge in [-0.2, -0.15) is 4.98 Å². The van der Waals surface area contributed by atoms with Crippen LogP contribution in [0.15, 0.2) is 43.0 Å². The highest BCUT2D eigenvalue weighted by Gasteiger charge is 2.15. The summed E-state index contributed by atoms with van der Waals surface area (Å²) in [4.78, 5) is 21.5. The van der Waals surface area contributed by atoms with Crippen molar-refractivity contribution in [3.8, 4) is 17.3 Å². The number of hydrogen-bond acceptors (Lipinski definition) is 9. The summed E-state index contributed by atoms with van der Waals surface area (Å²) >= 11 is 0. The molecule has 144 valence electrons. The van der Waals surface area contributed by atoms with Gasteiger partial charge in [-0.25, -0.2) is 19.9 Å². The summed E-state index contributed by atoms with van der Waals surface area (Å²) in [5.41, 5.74) is 1.61. The van der Waals surface area contributed by atoms with Gasteiger partial charge < -0.3 is 20.1 Å². The highest BCUT2D eigenvalue weighted by Crippen LogP contribution is 2.20. The smallest absolute Gasteiger partial charge is 0.230 e. The van der Waals surface area contributed by atoms with Crippen molar-refractivity contribution in [1.29, 1.82) is 0 Å². The number of aromatic nitrogens is 5. The van der Waals surface area contributed by atoms with Crippen LogP contribution >= 0.6 is 0 Å². The van der Waals surface area contributed by atoms with E-state index >= 15 is 0 Å². The third kappa shape index (κ3) is 4.49. The number of ether oxygens (including phenoxy) is 2. The molecular weight excluding hydrogens is 358 g/mol. The monoisotopic (exact) mass is 379 g/mol. The third-order valence-corrected chi connectivity index (χ3v) is 4.33. The molecule has 9 nitrogen and oxygen atoms in total. The first kappa shape index (κ1) is 18.1. The third-order valence-electron chi connectivity index (χ3n) is 4.33. The van der Waals surface area contributed by atoms with Gasteiger partial charge >= 0.3 is 0 Å². The van der Waals surface area contributed by atoms with E-state index in [1.807, 2.05) is 18.2 Å². The Morgan fingerprint density at radius 1 is 1.18 bits per heavy atom. The van der Waals surface area contributed by atoms with E-state index in [4.69, 9.17) is 9.47 Å². The molecule has 1 aliphatic rings. The lowest BCUT2D eigenvalue weighted by atomic mass is 10.2. The van der Waals surface area contributed by atoms with Gasteiger partial charge in [0.15, 0.2) is 5.82 Å². The van der Waals surface area contributed by atoms with Gasteiger partial charge in [-0.1, -0.05) is 0 Å². The lowest BCUT2D eigenvalue weighted by Crippen LogP contribution is -2.18. The summed E-state index contributed by atoms with van der Waals surface area (Å²) in [7, 11) is 1.58. The van der Waals surface area contributed by atoms with Crippen LogP contribution in [0, 0.1) is 0 Å². The summed E-state index contributed by atoms with van der Waals surface area (Å²) < 4.78 is 10.7. The van der Waals surface area contributed by atoms with E-state index in [0.29, 0.717) is 17.7 Å². The Kier molecular flexibility index (Phi) is 5.53. The molecule has 0 radical (unpaired) electrons.